The summed E-state index contributed by atoms with van der Waals surface area (Å²) in [5.41, 5.74) is -0.698. The highest BCUT2D eigenvalue weighted by molar-refractivity contribution is 7.98. The van der Waals surface area contributed by atoms with E-state index in [1.807, 2.05) is 0 Å². The first-order valence-corrected chi connectivity index (χ1v) is 8.25. The lowest BCUT2D eigenvalue weighted by atomic mass is 10.1. The zero-order valence-corrected chi connectivity index (χ0v) is 12.8. The Labute approximate surface area is 132 Å². The van der Waals surface area contributed by atoms with Gasteiger partial charge in [-0.05, 0) is 25.2 Å². The second-order valence-corrected chi connectivity index (χ2v) is 6.28. The molecule has 1 aliphatic rings. The molecule has 118 valence electrons. The Morgan fingerprint density at radius 1 is 1.26 bits per heavy atom. The van der Waals surface area contributed by atoms with Crippen LogP contribution in [0, 0.1) is 11.6 Å². The van der Waals surface area contributed by atoms with E-state index in [4.69, 9.17) is 0 Å². The van der Waals surface area contributed by atoms with Crippen molar-refractivity contribution in [1.82, 2.24) is 14.5 Å². The van der Waals surface area contributed by atoms with E-state index < -0.39 is 22.6 Å². The summed E-state index contributed by atoms with van der Waals surface area (Å²) >= 11 is 1.24. The number of hydrogen-bond donors (Lipinski definition) is 1. The zero-order valence-electron chi connectivity index (χ0n) is 12.0. The first-order chi connectivity index (χ1) is 11.0. The van der Waals surface area contributed by atoms with E-state index in [0.29, 0.717) is 5.16 Å². The molecule has 0 aliphatic heterocycles. The van der Waals surface area contributed by atoms with E-state index in [0.717, 1.165) is 25.0 Å². The molecule has 0 bridgehead atoms. The molecule has 23 heavy (non-hydrogen) atoms. The van der Waals surface area contributed by atoms with Crippen molar-refractivity contribution in [1.29, 1.82) is 0 Å². The fourth-order valence-corrected chi connectivity index (χ4v) is 3.16. The maximum Gasteiger partial charge on any atom is 0.265 e. The average molecular weight is 335 g/mol. The summed E-state index contributed by atoms with van der Waals surface area (Å²) in [6, 6.07) is 1.90. The van der Waals surface area contributed by atoms with Gasteiger partial charge >= 0.3 is 0 Å². The molecule has 1 fully saturated rings. The lowest BCUT2D eigenvalue weighted by Crippen LogP contribution is -2.22. The van der Waals surface area contributed by atoms with E-state index in [1.165, 1.54) is 11.8 Å². The van der Waals surface area contributed by atoms with Gasteiger partial charge in [0.2, 0.25) is 5.43 Å². The number of pyridine rings is 1. The summed E-state index contributed by atoms with van der Waals surface area (Å²) in [5.74, 6) is -2.14. The van der Waals surface area contributed by atoms with Gasteiger partial charge in [0.25, 0.3) is 5.56 Å². The largest absolute Gasteiger partial charge is 0.322 e. The first kappa shape index (κ1) is 14.4. The molecule has 5 nitrogen and oxygen atoms in total. The smallest absolute Gasteiger partial charge is 0.265 e. The summed E-state index contributed by atoms with van der Waals surface area (Å²) in [7, 11) is 0. The monoisotopic (exact) mass is 335 g/mol. The number of aromatic amines is 1. The zero-order chi connectivity index (χ0) is 16.3. The molecule has 0 atom stereocenters. The van der Waals surface area contributed by atoms with Crippen molar-refractivity contribution in [2.45, 2.75) is 24.0 Å². The molecule has 1 aromatic carbocycles. The SMILES string of the molecule is CSc1nc2c(c(=O)[nH]1)c(=O)c1cc(F)c(F)cc1n2C1CC1. The standard InChI is InChI=1S/C15H11F2N3O2S/c1-23-15-18-13-11(14(22)19-15)12(21)7-4-8(16)9(17)5-10(7)20(13)6-2-3-6/h4-6H,2-3H2,1H3,(H,18,19,22). The highest BCUT2D eigenvalue weighted by Gasteiger charge is 2.29. The van der Waals surface area contributed by atoms with E-state index in [2.05, 4.69) is 9.97 Å². The highest BCUT2D eigenvalue weighted by Crippen LogP contribution is 2.39. The van der Waals surface area contributed by atoms with Crippen LogP contribution in [-0.4, -0.2) is 20.8 Å². The van der Waals surface area contributed by atoms with E-state index in [9.17, 15) is 18.4 Å². The number of rotatable bonds is 2. The molecule has 0 amide bonds. The minimum atomic E-state index is -1.11. The van der Waals surface area contributed by atoms with Gasteiger partial charge in [0, 0.05) is 17.5 Å². The molecule has 0 spiro atoms. The second kappa shape index (κ2) is 4.89. The van der Waals surface area contributed by atoms with Crippen molar-refractivity contribution >= 4 is 33.7 Å². The van der Waals surface area contributed by atoms with Crippen LogP contribution >= 0.6 is 11.8 Å². The lowest BCUT2D eigenvalue weighted by Gasteiger charge is -2.14. The molecule has 3 aromatic rings. The molecule has 1 aliphatic carbocycles. The number of thioether (sulfide) groups is 1. The summed E-state index contributed by atoms with van der Waals surface area (Å²) < 4.78 is 28.9. The summed E-state index contributed by atoms with van der Waals surface area (Å²) in [4.78, 5) is 31.7. The summed E-state index contributed by atoms with van der Waals surface area (Å²) in [5, 5.41) is 0.249. The van der Waals surface area contributed by atoms with Gasteiger partial charge in [0.1, 0.15) is 5.39 Å². The van der Waals surface area contributed by atoms with Gasteiger partial charge in [-0.2, -0.15) is 0 Å². The van der Waals surface area contributed by atoms with Crippen molar-refractivity contribution in [2.75, 3.05) is 6.26 Å². The van der Waals surface area contributed by atoms with Crippen LogP contribution in [0.3, 0.4) is 0 Å². The fourth-order valence-electron chi connectivity index (χ4n) is 2.79. The van der Waals surface area contributed by atoms with Gasteiger partial charge in [0.15, 0.2) is 22.4 Å². The van der Waals surface area contributed by atoms with Gasteiger partial charge in [-0.1, -0.05) is 11.8 Å². The van der Waals surface area contributed by atoms with Crippen LogP contribution in [0.25, 0.3) is 21.9 Å². The Balaban J connectivity index is 2.31. The molecule has 0 radical (unpaired) electrons. The summed E-state index contributed by atoms with van der Waals surface area (Å²) in [6.45, 7) is 0. The molecule has 8 heteroatoms. The van der Waals surface area contributed by atoms with Crippen LogP contribution in [0.15, 0.2) is 26.9 Å². The van der Waals surface area contributed by atoms with Crippen molar-refractivity contribution in [3.63, 3.8) is 0 Å². The number of hydrogen-bond acceptors (Lipinski definition) is 4. The van der Waals surface area contributed by atoms with Crippen molar-refractivity contribution in [2.24, 2.45) is 0 Å². The minimum absolute atomic E-state index is 0.00694. The second-order valence-electron chi connectivity index (χ2n) is 5.49. The Hall–Kier alpha value is -2.22. The van der Waals surface area contributed by atoms with E-state index in [-0.39, 0.29) is 28.0 Å². The maximum atomic E-state index is 13.7. The predicted octanol–water partition coefficient (Wildman–Crippen LogP) is 2.57. The lowest BCUT2D eigenvalue weighted by molar-refractivity contribution is 0.510. The van der Waals surface area contributed by atoms with Crippen molar-refractivity contribution < 1.29 is 8.78 Å². The molecular formula is C15H11F2N3O2S. The summed E-state index contributed by atoms with van der Waals surface area (Å²) in [6.07, 6.45) is 3.43. The van der Waals surface area contributed by atoms with Crippen molar-refractivity contribution in [3.8, 4) is 0 Å². The highest BCUT2D eigenvalue weighted by atomic mass is 32.2. The molecule has 2 aromatic heterocycles. The molecule has 4 rings (SSSR count). The number of nitrogens with one attached hydrogen (secondary N) is 1. The van der Waals surface area contributed by atoms with Gasteiger partial charge in [0.05, 0.1) is 5.52 Å². The van der Waals surface area contributed by atoms with Gasteiger partial charge < -0.3 is 9.55 Å². The third kappa shape index (κ3) is 2.08. The Morgan fingerprint density at radius 3 is 2.61 bits per heavy atom. The van der Waals surface area contributed by atoms with Gasteiger partial charge in [-0.3, -0.25) is 9.59 Å². The van der Waals surface area contributed by atoms with Crippen LogP contribution in [0.1, 0.15) is 18.9 Å². The van der Waals surface area contributed by atoms with Crippen molar-refractivity contribution in [3.05, 3.63) is 44.3 Å². The number of aromatic nitrogens is 3. The van der Waals surface area contributed by atoms with Crippen LogP contribution in [0.2, 0.25) is 0 Å². The molecule has 1 N–H and O–H groups in total. The van der Waals surface area contributed by atoms with Gasteiger partial charge in [-0.25, -0.2) is 13.8 Å². The predicted molar refractivity (Wildman–Crippen MR) is 84.1 cm³/mol. The number of H-pyrrole nitrogens is 1. The Kier molecular flexibility index (Phi) is 3.06. The molecule has 1 saturated carbocycles. The third-order valence-electron chi connectivity index (χ3n) is 3.98. The topological polar surface area (TPSA) is 67.8 Å². The quantitative estimate of drug-likeness (QED) is 0.444. The molecular weight excluding hydrogens is 324 g/mol. The van der Waals surface area contributed by atoms with Gasteiger partial charge in [-0.15, -0.1) is 0 Å². The number of halogens is 2. The molecule has 0 saturated heterocycles. The third-order valence-corrected chi connectivity index (χ3v) is 4.56. The Bertz CT molecular complexity index is 1090. The molecule has 0 unspecified atom stereocenters. The number of fused-ring (bicyclic) bond motifs is 2. The maximum absolute atomic E-state index is 13.7. The van der Waals surface area contributed by atoms with Crippen LogP contribution in [-0.2, 0) is 0 Å². The Morgan fingerprint density at radius 2 is 1.96 bits per heavy atom. The van der Waals surface area contributed by atoms with Crippen LogP contribution in [0.5, 0.6) is 0 Å². The van der Waals surface area contributed by atoms with E-state index >= 15 is 0 Å². The average Bonchev–Trinajstić information content (AvgIpc) is 3.34. The minimum Gasteiger partial charge on any atom is -0.322 e. The van der Waals surface area contributed by atoms with E-state index in [1.54, 1.807) is 10.8 Å². The number of benzene rings is 1. The normalized spacial score (nSPS) is 14.7. The van der Waals surface area contributed by atoms with Crippen LogP contribution in [0.4, 0.5) is 8.78 Å². The molecule has 2 heterocycles. The number of nitrogens with zero attached hydrogens (tertiary/aromatic N) is 2. The van der Waals surface area contributed by atoms with Crippen LogP contribution < -0.4 is 11.0 Å². The first-order valence-electron chi connectivity index (χ1n) is 7.02. The fraction of sp³-hybridized carbons (Fsp3) is 0.267.